The highest BCUT2D eigenvalue weighted by Gasteiger charge is 2.30. The van der Waals surface area contributed by atoms with Crippen molar-refractivity contribution >= 4 is 17.4 Å². The van der Waals surface area contributed by atoms with E-state index in [1.165, 1.54) is 18.2 Å². The maximum atomic E-state index is 13.0. The molecule has 1 fully saturated rings. The normalized spacial score (nSPS) is 16.8. The molecule has 2 aromatic carbocycles. The highest BCUT2D eigenvalue weighted by Crippen LogP contribution is 2.37. The standard InChI is InChI=1S/C38H60F3N3O2S/c1-7-31(26-45-27-32(8-2)28-46-29-33(9-3)30(4)5)25-44-23-21-43(22-24-44)20-12-19-42(6)36-13-10-11-14-37(36)47-35-17-15-34(16-18-35)38(39,40)41/h10-11,13-18,30-33H,7-9,12,19-29H2,1-6H3. The van der Waals surface area contributed by atoms with Gasteiger partial charge in [0, 0.05) is 68.6 Å². The Morgan fingerprint density at radius 2 is 1.38 bits per heavy atom. The number of hydrogen-bond donors (Lipinski definition) is 0. The number of ether oxygens (including phenoxy) is 2. The third-order valence-electron chi connectivity index (χ3n) is 9.65. The maximum absolute atomic E-state index is 13.0. The fraction of sp³-hybridized carbons (Fsp3) is 0.684. The molecule has 1 aliphatic rings. The van der Waals surface area contributed by atoms with Gasteiger partial charge in [0.25, 0.3) is 0 Å². The van der Waals surface area contributed by atoms with Gasteiger partial charge in [-0.05, 0) is 80.0 Å². The minimum absolute atomic E-state index is 0.464. The molecule has 3 rings (SSSR count). The molecule has 1 saturated heterocycles. The van der Waals surface area contributed by atoms with Crippen LogP contribution in [0.5, 0.6) is 0 Å². The Morgan fingerprint density at radius 3 is 1.98 bits per heavy atom. The summed E-state index contributed by atoms with van der Waals surface area (Å²) in [5, 5.41) is 0. The Morgan fingerprint density at radius 1 is 0.787 bits per heavy atom. The Kier molecular flexibility index (Phi) is 17.4. The highest BCUT2D eigenvalue weighted by atomic mass is 32.2. The fourth-order valence-electron chi connectivity index (χ4n) is 6.06. The minimum atomic E-state index is -4.32. The Hall–Kier alpha value is -1.78. The molecule has 266 valence electrons. The Labute approximate surface area is 287 Å². The second kappa shape index (κ2) is 20.7. The van der Waals surface area contributed by atoms with Crippen molar-refractivity contribution in [2.24, 2.45) is 23.7 Å². The molecular weight excluding hydrogens is 619 g/mol. The molecule has 0 N–H and O–H groups in total. The summed E-state index contributed by atoms with van der Waals surface area (Å²) >= 11 is 1.50. The van der Waals surface area contributed by atoms with Crippen molar-refractivity contribution in [1.29, 1.82) is 0 Å². The molecule has 3 unspecified atom stereocenters. The van der Waals surface area contributed by atoms with Crippen LogP contribution in [-0.4, -0.2) is 89.1 Å². The van der Waals surface area contributed by atoms with Crippen LogP contribution in [0.15, 0.2) is 58.3 Å². The molecule has 0 aromatic heterocycles. The largest absolute Gasteiger partial charge is 0.416 e. The summed E-state index contributed by atoms with van der Waals surface area (Å²) in [6, 6.07) is 13.5. The van der Waals surface area contributed by atoms with Gasteiger partial charge in [0.15, 0.2) is 0 Å². The molecule has 5 nitrogen and oxygen atoms in total. The Balaban J connectivity index is 1.34. The number of halogens is 3. The first-order valence-corrected chi connectivity index (χ1v) is 18.6. The van der Waals surface area contributed by atoms with Crippen LogP contribution in [0.4, 0.5) is 18.9 Å². The second-order valence-electron chi connectivity index (χ2n) is 13.5. The van der Waals surface area contributed by atoms with E-state index in [4.69, 9.17) is 9.47 Å². The molecule has 0 bridgehead atoms. The molecule has 9 heteroatoms. The summed E-state index contributed by atoms with van der Waals surface area (Å²) in [6.45, 7) is 22.0. The number of para-hydroxylation sites is 1. The molecule has 0 radical (unpaired) electrons. The van der Waals surface area contributed by atoms with Crippen LogP contribution in [0.25, 0.3) is 0 Å². The number of rotatable bonds is 21. The number of anilines is 1. The van der Waals surface area contributed by atoms with Crippen LogP contribution in [0, 0.1) is 23.7 Å². The predicted molar refractivity (Wildman–Crippen MR) is 191 cm³/mol. The fourth-order valence-corrected chi connectivity index (χ4v) is 7.06. The van der Waals surface area contributed by atoms with E-state index in [2.05, 4.69) is 62.4 Å². The van der Waals surface area contributed by atoms with Gasteiger partial charge >= 0.3 is 6.18 Å². The highest BCUT2D eigenvalue weighted by molar-refractivity contribution is 7.99. The predicted octanol–water partition coefficient (Wildman–Crippen LogP) is 9.07. The van der Waals surface area contributed by atoms with Gasteiger partial charge in [0.2, 0.25) is 0 Å². The first kappa shape index (κ1) is 39.7. The monoisotopic (exact) mass is 679 g/mol. The summed E-state index contributed by atoms with van der Waals surface area (Å²) in [6.07, 6.45) is 0.121. The lowest BCUT2D eigenvalue weighted by Crippen LogP contribution is -2.48. The van der Waals surface area contributed by atoms with Gasteiger partial charge in [0.1, 0.15) is 0 Å². The van der Waals surface area contributed by atoms with Crippen LogP contribution in [0.3, 0.4) is 0 Å². The quantitative estimate of drug-likeness (QED) is 0.131. The van der Waals surface area contributed by atoms with Crippen molar-refractivity contribution < 1.29 is 22.6 Å². The van der Waals surface area contributed by atoms with E-state index in [0.29, 0.717) is 23.7 Å². The molecule has 0 aliphatic carbocycles. The first-order valence-electron chi connectivity index (χ1n) is 17.8. The number of piperazine rings is 1. The Bertz CT molecular complexity index is 1130. The topological polar surface area (TPSA) is 28.2 Å². The summed E-state index contributed by atoms with van der Waals surface area (Å²) in [5.74, 6) is 2.32. The maximum Gasteiger partial charge on any atom is 0.416 e. The van der Waals surface area contributed by atoms with E-state index >= 15 is 0 Å². The van der Waals surface area contributed by atoms with Crippen molar-refractivity contribution in [2.75, 3.05) is 84.2 Å². The molecule has 3 atom stereocenters. The van der Waals surface area contributed by atoms with E-state index in [0.717, 1.165) is 119 Å². The van der Waals surface area contributed by atoms with Crippen molar-refractivity contribution in [1.82, 2.24) is 9.80 Å². The summed E-state index contributed by atoms with van der Waals surface area (Å²) in [7, 11) is 2.10. The van der Waals surface area contributed by atoms with Crippen molar-refractivity contribution in [3.8, 4) is 0 Å². The smallest absolute Gasteiger partial charge is 0.381 e. The minimum Gasteiger partial charge on any atom is -0.381 e. The molecular formula is C38H60F3N3O2S. The molecule has 0 amide bonds. The third-order valence-corrected chi connectivity index (χ3v) is 10.7. The summed E-state index contributed by atoms with van der Waals surface area (Å²) < 4.78 is 51.2. The van der Waals surface area contributed by atoms with Crippen LogP contribution in [0.1, 0.15) is 65.9 Å². The van der Waals surface area contributed by atoms with Gasteiger partial charge in [-0.2, -0.15) is 13.2 Å². The van der Waals surface area contributed by atoms with Crippen LogP contribution < -0.4 is 4.90 Å². The van der Waals surface area contributed by atoms with Crippen LogP contribution in [0.2, 0.25) is 0 Å². The number of hydrogen-bond acceptors (Lipinski definition) is 6. The zero-order valence-electron chi connectivity index (χ0n) is 29.7. The van der Waals surface area contributed by atoms with Crippen molar-refractivity contribution in [3.05, 3.63) is 54.1 Å². The molecule has 47 heavy (non-hydrogen) atoms. The van der Waals surface area contributed by atoms with Crippen LogP contribution in [-0.2, 0) is 15.7 Å². The third kappa shape index (κ3) is 13.9. The van der Waals surface area contributed by atoms with Gasteiger partial charge in [-0.3, -0.25) is 0 Å². The van der Waals surface area contributed by atoms with Gasteiger partial charge in [0.05, 0.1) is 31.1 Å². The number of benzene rings is 2. The lowest BCUT2D eigenvalue weighted by Gasteiger charge is -2.36. The molecule has 2 aromatic rings. The van der Waals surface area contributed by atoms with Crippen molar-refractivity contribution in [3.63, 3.8) is 0 Å². The van der Waals surface area contributed by atoms with Gasteiger partial charge < -0.3 is 24.2 Å². The van der Waals surface area contributed by atoms with E-state index in [1.807, 2.05) is 18.2 Å². The zero-order chi connectivity index (χ0) is 34.2. The zero-order valence-corrected chi connectivity index (χ0v) is 30.6. The lowest BCUT2D eigenvalue weighted by molar-refractivity contribution is -0.137. The van der Waals surface area contributed by atoms with Crippen molar-refractivity contribution in [2.45, 2.75) is 76.3 Å². The van der Waals surface area contributed by atoms with Gasteiger partial charge in [-0.15, -0.1) is 0 Å². The average molecular weight is 680 g/mol. The summed E-state index contributed by atoms with van der Waals surface area (Å²) in [4.78, 5) is 9.27. The van der Waals surface area contributed by atoms with E-state index in [9.17, 15) is 13.2 Å². The average Bonchev–Trinajstić information content (AvgIpc) is 3.06. The molecule has 0 spiro atoms. The van der Waals surface area contributed by atoms with Gasteiger partial charge in [-0.1, -0.05) is 64.9 Å². The number of nitrogens with zero attached hydrogens (tertiary/aromatic N) is 3. The number of alkyl halides is 3. The molecule has 0 saturated carbocycles. The second-order valence-corrected chi connectivity index (χ2v) is 14.7. The van der Waals surface area contributed by atoms with E-state index in [-0.39, 0.29) is 0 Å². The van der Waals surface area contributed by atoms with Gasteiger partial charge in [-0.25, -0.2) is 0 Å². The SMILES string of the molecule is CCC(COCC(CC)CN1CCN(CCCN(C)c2ccccc2Sc2ccc(C(F)(F)F)cc2)CC1)COCC(CC)C(C)C. The van der Waals surface area contributed by atoms with E-state index < -0.39 is 11.7 Å². The summed E-state index contributed by atoms with van der Waals surface area (Å²) in [5.41, 5.74) is 0.482. The lowest BCUT2D eigenvalue weighted by atomic mass is 9.94. The van der Waals surface area contributed by atoms with E-state index in [1.54, 1.807) is 12.1 Å². The first-order chi connectivity index (χ1) is 22.5. The van der Waals surface area contributed by atoms with Crippen LogP contribution >= 0.6 is 11.8 Å². The molecule has 1 aliphatic heterocycles. The molecule has 1 heterocycles.